The minimum Gasteiger partial charge on any atom is -0.506 e. The Balaban J connectivity index is 1.16. The number of phenolic OH excluding ortho intramolecular Hbond substituents is 1. The molecule has 0 atom stereocenters. The lowest BCUT2D eigenvalue weighted by Crippen LogP contribution is -2.00. The second-order valence-corrected chi connectivity index (χ2v) is 10.9. The first-order valence-corrected chi connectivity index (χ1v) is 14.3. The first kappa shape index (κ1) is 25.8. The number of rotatable bonds is 6. The second kappa shape index (κ2) is 11.0. The average molecular weight is 611 g/mol. The van der Waals surface area contributed by atoms with E-state index >= 15 is 0 Å². The van der Waals surface area contributed by atoms with Crippen LogP contribution in [-0.2, 0) is 6.42 Å². The normalized spacial score (nSPS) is 11.5. The first-order valence-electron chi connectivity index (χ1n) is 13.5. The highest BCUT2D eigenvalue weighted by Gasteiger charge is 2.13. The molecule has 0 fully saturated rings. The zero-order valence-corrected chi connectivity index (χ0v) is 24.0. The Bertz CT molecular complexity index is 2090. The van der Waals surface area contributed by atoms with Crippen LogP contribution in [-0.4, -0.2) is 31.3 Å². The molecular formula is C35H24BrN5O. The molecule has 0 aliphatic carbocycles. The fraction of sp³-hybridized carbons (Fsp3) is 0.0286. The Hall–Kier alpha value is -5.14. The number of fused-ring (bicyclic) bond motifs is 3. The van der Waals surface area contributed by atoms with Crippen molar-refractivity contribution in [1.82, 2.24) is 19.9 Å². The van der Waals surface area contributed by atoms with Crippen molar-refractivity contribution in [2.45, 2.75) is 6.42 Å². The molecule has 0 saturated heterocycles. The van der Waals surface area contributed by atoms with E-state index in [0.29, 0.717) is 29.6 Å². The zero-order valence-electron chi connectivity index (χ0n) is 22.4. The molecule has 6 nitrogen and oxygen atoms in total. The molecule has 42 heavy (non-hydrogen) atoms. The fourth-order valence-corrected chi connectivity index (χ4v) is 5.40. The fourth-order valence-electron chi connectivity index (χ4n) is 5.00. The van der Waals surface area contributed by atoms with Gasteiger partial charge in [0.2, 0.25) is 0 Å². The van der Waals surface area contributed by atoms with Crippen molar-refractivity contribution in [3.63, 3.8) is 0 Å². The molecule has 0 bridgehead atoms. The van der Waals surface area contributed by atoms with Gasteiger partial charge in [0.15, 0.2) is 17.5 Å². The number of hydrogen-bond acceptors (Lipinski definition) is 5. The van der Waals surface area contributed by atoms with E-state index in [4.69, 9.17) is 15.0 Å². The quantitative estimate of drug-likeness (QED) is 0.184. The Morgan fingerprint density at radius 1 is 0.643 bits per heavy atom. The smallest absolute Gasteiger partial charge is 0.164 e. The zero-order chi connectivity index (χ0) is 28.5. The number of aromatic hydroxyl groups is 1. The van der Waals surface area contributed by atoms with Crippen molar-refractivity contribution >= 4 is 49.6 Å². The van der Waals surface area contributed by atoms with E-state index in [1.807, 2.05) is 97.2 Å². The highest BCUT2D eigenvalue weighted by molar-refractivity contribution is 9.10. The van der Waals surface area contributed by atoms with Gasteiger partial charge in [-0.05, 0) is 29.8 Å². The number of aromatic amines is 1. The number of nitrogens with one attached hydrogen (secondary N) is 1. The SMILES string of the molecule is Oc1cc2[nH]c3ccccc3c2cc1/N=C\Cc1ccc(-c2nc(-c3ccccc3)nc(-c3cccc(Br)c3)n2)cc1. The predicted octanol–water partition coefficient (Wildman–Crippen LogP) is 8.92. The number of benzene rings is 5. The molecule has 0 aliphatic rings. The highest BCUT2D eigenvalue weighted by atomic mass is 79.9. The van der Waals surface area contributed by atoms with E-state index in [1.54, 1.807) is 6.07 Å². The van der Waals surface area contributed by atoms with Gasteiger partial charge < -0.3 is 10.1 Å². The van der Waals surface area contributed by atoms with Crippen LogP contribution in [0.3, 0.4) is 0 Å². The Morgan fingerprint density at radius 3 is 2.07 bits per heavy atom. The van der Waals surface area contributed by atoms with Crippen molar-refractivity contribution in [3.05, 3.63) is 125 Å². The van der Waals surface area contributed by atoms with Crippen LogP contribution in [0.25, 0.3) is 56.0 Å². The van der Waals surface area contributed by atoms with Crippen LogP contribution < -0.4 is 0 Å². The monoisotopic (exact) mass is 609 g/mol. The van der Waals surface area contributed by atoms with Crippen LogP contribution in [0.4, 0.5) is 5.69 Å². The summed E-state index contributed by atoms with van der Waals surface area (Å²) in [6.07, 6.45) is 2.44. The lowest BCUT2D eigenvalue weighted by molar-refractivity contribution is 0.477. The molecule has 2 heterocycles. The van der Waals surface area contributed by atoms with Gasteiger partial charge in [0.25, 0.3) is 0 Å². The molecule has 0 amide bonds. The number of aliphatic imine (C=N–C) groups is 1. The number of halogens is 1. The molecule has 0 aliphatic heterocycles. The van der Waals surface area contributed by atoms with Crippen LogP contribution in [0.5, 0.6) is 5.75 Å². The number of hydrogen-bond donors (Lipinski definition) is 2. The van der Waals surface area contributed by atoms with Crippen LogP contribution in [0, 0.1) is 0 Å². The van der Waals surface area contributed by atoms with Gasteiger partial charge in [-0.3, -0.25) is 4.99 Å². The summed E-state index contributed by atoms with van der Waals surface area (Å²) >= 11 is 3.55. The molecule has 7 heteroatoms. The van der Waals surface area contributed by atoms with Gasteiger partial charge in [-0.1, -0.05) is 101 Å². The summed E-state index contributed by atoms with van der Waals surface area (Å²) in [5, 5.41) is 12.7. The summed E-state index contributed by atoms with van der Waals surface area (Å²) in [6.45, 7) is 0. The number of phenols is 1. The average Bonchev–Trinajstić information content (AvgIpc) is 3.39. The number of aromatic nitrogens is 4. The van der Waals surface area contributed by atoms with Gasteiger partial charge in [0, 0.05) is 56.2 Å². The maximum absolute atomic E-state index is 10.6. The third-order valence-corrected chi connectivity index (χ3v) is 7.61. The number of nitrogens with zero attached hydrogens (tertiary/aromatic N) is 4. The third-order valence-electron chi connectivity index (χ3n) is 7.12. The van der Waals surface area contributed by atoms with E-state index in [2.05, 4.69) is 44.1 Å². The summed E-state index contributed by atoms with van der Waals surface area (Å²) in [7, 11) is 0. The van der Waals surface area contributed by atoms with Gasteiger partial charge in [-0.15, -0.1) is 0 Å². The summed E-state index contributed by atoms with van der Waals surface area (Å²) in [5.41, 5.74) is 6.29. The molecule has 0 unspecified atom stereocenters. The highest BCUT2D eigenvalue weighted by Crippen LogP contribution is 2.35. The lowest BCUT2D eigenvalue weighted by atomic mass is 10.1. The lowest BCUT2D eigenvalue weighted by Gasteiger charge is -2.09. The molecule has 0 radical (unpaired) electrons. The van der Waals surface area contributed by atoms with Crippen LogP contribution in [0.1, 0.15) is 5.56 Å². The van der Waals surface area contributed by atoms with E-state index in [1.165, 1.54) is 0 Å². The van der Waals surface area contributed by atoms with Crippen molar-refractivity contribution in [1.29, 1.82) is 0 Å². The number of H-pyrrole nitrogens is 1. The van der Waals surface area contributed by atoms with Gasteiger partial charge in [0.1, 0.15) is 11.4 Å². The van der Waals surface area contributed by atoms with Crippen LogP contribution in [0.15, 0.2) is 125 Å². The molecule has 7 rings (SSSR count). The van der Waals surface area contributed by atoms with Crippen LogP contribution in [0.2, 0.25) is 0 Å². The predicted molar refractivity (Wildman–Crippen MR) is 173 cm³/mol. The maximum atomic E-state index is 10.6. The molecule has 0 spiro atoms. The summed E-state index contributed by atoms with van der Waals surface area (Å²) in [4.78, 5) is 22.4. The Kier molecular flexibility index (Phi) is 6.78. The largest absolute Gasteiger partial charge is 0.506 e. The first-order chi connectivity index (χ1) is 20.6. The third kappa shape index (κ3) is 5.18. The van der Waals surface area contributed by atoms with Crippen molar-refractivity contribution in [3.8, 4) is 39.9 Å². The second-order valence-electron chi connectivity index (χ2n) is 9.95. The molecular weight excluding hydrogens is 586 g/mol. The van der Waals surface area contributed by atoms with Crippen LogP contribution >= 0.6 is 15.9 Å². The molecule has 2 N–H and O–H groups in total. The minimum absolute atomic E-state index is 0.144. The Morgan fingerprint density at radius 2 is 1.31 bits per heavy atom. The summed E-state index contributed by atoms with van der Waals surface area (Å²) in [5.74, 6) is 1.99. The molecule has 2 aromatic heterocycles. The Labute approximate surface area is 250 Å². The van der Waals surface area contributed by atoms with Gasteiger partial charge in [0.05, 0.1) is 5.52 Å². The molecule has 202 valence electrons. The van der Waals surface area contributed by atoms with Gasteiger partial charge in [-0.25, -0.2) is 15.0 Å². The van der Waals surface area contributed by atoms with E-state index in [9.17, 15) is 5.11 Å². The number of para-hydroxylation sites is 1. The summed E-state index contributed by atoms with van der Waals surface area (Å²) in [6, 6.07) is 37.8. The topological polar surface area (TPSA) is 87.0 Å². The van der Waals surface area contributed by atoms with Crippen molar-refractivity contribution in [2.24, 2.45) is 4.99 Å². The van der Waals surface area contributed by atoms with E-state index in [0.717, 1.165) is 48.5 Å². The molecule has 7 aromatic rings. The van der Waals surface area contributed by atoms with Crippen molar-refractivity contribution < 1.29 is 5.11 Å². The maximum Gasteiger partial charge on any atom is 0.164 e. The van der Waals surface area contributed by atoms with Gasteiger partial charge >= 0.3 is 0 Å². The van der Waals surface area contributed by atoms with E-state index < -0.39 is 0 Å². The van der Waals surface area contributed by atoms with E-state index in [-0.39, 0.29) is 5.75 Å². The minimum atomic E-state index is 0.144. The summed E-state index contributed by atoms with van der Waals surface area (Å²) < 4.78 is 0.962. The standard InChI is InChI=1S/C35H24BrN5O/c36-26-10-6-9-25(19-26)35-40-33(23-7-2-1-3-8-23)39-34(41-35)24-15-13-22(14-16-24)17-18-37-31-20-28-27-11-4-5-12-29(27)38-30(28)21-32(31)42/h1-16,18-21,38,42H,17H2/b37-18-. The molecule has 5 aromatic carbocycles. The van der Waals surface area contributed by atoms with Gasteiger partial charge in [-0.2, -0.15) is 0 Å². The van der Waals surface area contributed by atoms with Crippen molar-refractivity contribution in [2.75, 3.05) is 0 Å². The molecule has 0 saturated carbocycles.